The Bertz CT molecular complexity index is 513. The van der Waals surface area contributed by atoms with Crippen LogP contribution in [0.3, 0.4) is 0 Å². The Hall–Kier alpha value is -1.43. The molecule has 2 rings (SSSR count). The maximum atomic E-state index is 12.2. The third kappa shape index (κ3) is 4.81. The van der Waals surface area contributed by atoms with Crippen LogP contribution in [0.25, 0.3) is 0 Å². The average Bonchev–Trinajstić information content (AvgIpc) is 2.86. The number of hydrogen-bond donors (Lipinski definition) is 0. The average molecular weight is 310 g/mol. The number of rotatable bonds is 3. The second kappa shape index (κ2) is 6.56. The van der Waals surface area contributed by atoms with Gasteiger partial charge in [-0.1, -0.05) is 6.07 Å². The summed E-state index contributed by atoms with van der Waals surface area (Å²) in [4.78, 5) is 17.8. The van der Waals surface area contributed by atoms with Crippen molar-refractivity contribution >= 4 is 16.9 Å². The van der Waals surface area contributed by atoms with E-state index in [4.69, 9.17) is 4.74 Å². The Morgan fingerprint density at radius 3 is 2.86 bits per heavy atom. The molecule has 5 nitrogen and oxygen atoms in total. The smallest absolute Gasteiger partial charge is 0.410 e. The standard InChI is InChI=1S/C15H22N2O3S/c1-15(2,3)20-14(18)17-9-7-12(10-17)11-21(19)13-6-4-5-8-16-13/h4-6,8,12H,7,9-11H2,1-3H3/t12-,21+/m0/s1. The quantitative estimate of drug-likeness (QED) is 0.860. The highest BCUT2D eigenvalue weighted by Crippen LogP contribution is 2.21. The van der Waals surface area contributed by atoms with Crippen LogP contribution in [0.4, 0.5) is 4.79 Å². The van der Waals surface area contributed by atoms with Gasteiger partial charge in [0, 0.05) is 25.0 Å². The molecular weight excluding hydrogens is 288 g/mol. The lowest BCUT2D eigenvalue weighted by Gasteiger charge is -2.24. The fourth-order valence-corrected chi connectivity index (χ4v) is 3.52. The van der Waals surface area contributed by atoms with Crippen molar-refractivity contribution in [3.05, 3.63) is 24.4 Å². The molecule has 21 heavy (non-hydrogen) atoms. The maximum Gasteiger partial charge on any atom is 0.410 e. The summed E-state index contributed by atoms with van der Waals surface area (Å²) in [5.74, 6) is 0.774. The van der Waals surface area contributed by atoms with Crippen molar-refractivity contribution in [2.45, 2.75) is 37.8 Å². The van der Waals surface area contributed by atoms with Gasteiger partial charge in [0.2, 0.25) is 0 Å². The molecule has 0 bridgehead atoms. The highest BCUT2D eigenvalue weighted by Gasteiger charge is 2.30. The van der Waals surface area contributed by atoms with E-state index in [1.165, 1.54) is 0 Å². The first-order valence-corrected chi connectivity index (χ1v) is 8.44. The van der Waals surface area contributed by atoms with E-state index in [1.54, 1.807) is 23.2 Å². The van der Waals surface area contributed by atoms with Crippen LogP contribution >= 0.6 is 0 Å². The second-order valence-corrected chi connectivity index (χ2v) is 7.70. The number of ether oxygens (including phenoxy) is 1. The number of pyridine rings is 1. The Labute approximate surface area is 128 Å². The van der Waals surface area contributed by atoms with Crippen LogP contribution in [0.1, 0.15) is 27.2 Å². The van der Waals surface area contributed by atoms with Crippen molar-refractivity contribution in [2.24, 2.45) is 5.92 Å². The molecule has 1 aromatic rings. The number of carbonyl (C=O) groups is 1. The van der Waals surface area contributed by atoms with Crippen molar-refractivity contribution in [3.8, 4) is 0 Å². The van der Waals surface area contributed by atoms with Gasteiger partial charge in [-0.2, -0.15) is 0 Å². The Morgan fingerprint density at radius 1 is 1.48 bits per heavy atom. The van der Waals surface area contributed by atoms with Crippen molar-refractivity contribution in [3.63, 3.8) is 0 Å². The molecule has 1 aromatic heterocycles. The third-order valence-corrected chi connectivity index (χ3v) is 4.68. The summed E-state index contributed by atoms with van der Waals surface area (Å²) in [5.41, 5.74) is -0.480. The number of amides is 1. The van der Waals surface area contributed by atoms with Gasteiger partial charge in [0.1, 0.15) is 10.6 Å². The lowest BCUT2D eigenvalue weighted by molar-refractivity contribution is 0.0289. The fourth-order valence-electron chi connectivity index (χ4n) is 2.24. The summed E-state index contributed by atoms with van der Waals surface area (Å²) in [5, 5.41) is 0.605. The van der Waals surface area contributed by atoms with Gasteiger partial charge in [0.15, 0.2) is 0 Å². The zero-order valence-corrected chi connectivity index (χ0v) is 13.6. The van der Waals surface area contributed by atoms with Crippen molar-refractivity contribution in [1.82, 2.24) is 9.88 Å². The number of hydrogen-bond acceptors (Lipinski definition) is 4. The highest BCUT2D eigenvalue weighted by molar-refractivity contribution is 7.84. The molecule has 2 heterocycles. The van der Waals surface area contributed by atoms with E-state index >= 15 is 0 Å². The molecular formula is C15H22N2O3S. The number of aromatic nitrogens is 1. The van der Waals surface area contributed by atoms with E-state index in [1.807, 2.05) is 26.8 Å². The van der Waals surface area contributed by atoms with Gasteiger partial charge in [-0.3, -0.25) is 4.21 Å². The number of carbonyl (C=O) groups excluding carboxylic acids is 1. The summed E-state index contributed by atoms with van der Waals surface area (Å²) >= 11 is 0. The van der Waals surface area contributed by atoms with Crippen LogP contribution in [-0.2, 0) is 15.5 Å². The zero-order chi connectivity index (χ0) is 15.5. The first kappa shape index (κ1) is 15.9. The maximum absolute atomic E-state index is 12.2. The summed E-state index contributed by atoms with van der Waals surface area (Å²) in [6.07, 6.45) is 2.22. The van der Waals surface area contributed by atoms with Crippen LogP contribution in [0.2, 0.25) is 0 Å². The van der Waals surface area contributed by atoms with Crippen LogP contribution in [0.15, 0.2) is 29.4 Å². The van der Waals surface area contributed by atoms with Crippen LogP contribution < -0.4 is 0 Å². The van der Waals surface area contributed by atoms with Gasteiger partial charge >= 0.3 is 6.09 Å². The molecule has 1 saturated heterocycles. The van der Waals surface area contributed by atoms with Crippen molar-refractivity contribution in [1.29, 1.82) is 0 Å². The molecule has 0 aliphatic carbocycles. The fraction of sp³-hybridized carbons (Fsp3) is 0.600. The SMILES string of the molecule is CC(C)(C)OC(=O)N1CC[C@H](C[S@@](=O)c2ccccn2)C1. The lowest BCUT2D eigenvalue weighted by Crippen LogP contribution is -2.35. The molecule has 1 amide bonds. The molecule has 1 aliphatic heterocycles. The molecule has 0 spiro atoms. The lowest BCUT2D eigenvalue weighted by atomic mass is 10.2. The second-order valence-electron chi connectivity index (χ2n) is 6.26. The molecule has 6 heteroatoms. The molecule has 0 saturated carbocycles. The minimum atomic E-state index is -1.11. The highest BCUT2D eigenvalue weighted by atomic mass is 32.2. The van der Waals surface area contributed by atoms with Gasteiger partial charge in [-0.15, -0.1) is 0 Å². The van der Waals surface area contributed by atoms with E-state index in [-0.39, 0.29) is 12.0 Å². The largest absolute Gasteiger partial charge is 0.444 e. The molecule has 1 fully saturated rings. The predicted molar refractivity (Wildman–Crippen MR) is 81.4 cm³/mol. The van der Waals surface area contributed by atoms with E-state index in [9.17, 15) is 9.00 Å². The normalized spacial score (nSPS) is 20.3. The van der Waals surface area contributed by atoms with E-state index < -0.39 is 16.4 Å². The van der Waals surface area contributed by atoms with Gasteiger partial charge in [0.25, 0.3) is 0 Å². The summed E-state index contributed by atoms with van der Waals surface area (Å²) in [7, 11) is -1.11. The Morgan fingerprint density at radius 2 is 2.24 bits per heavy atom. The van der Waals surface area contributed by atoms with E-state index in [2.05, 4.69) is 4.98 Å². The van der Waals surface area contributed by atoms with Crippen LogP contribution in [0, 0.1) is 5.92 Å². The summed E-state index contributed by atoms with van der Waals surface area (Å²) in [6, 6.07) is 5.42. The Kier molecular flexibility index (Phi) is 4.98. The van der Waals surface area contributed by atoms with Crippen LogP contribution in [0.5, 0.6) is 0 Å². The molecule has 0 N–H and O–H groups in total. The van der Waals surface area contributed by atoms with Crippen molar-refractivity contribution in [2.75, 3.05) is 18.8 Å². The van der Waals surface area contributed by atoms with Gasteiger partial charge < -0.3 is 9.64 Å². The zero-order valence-electron chi connectivity index (χ0n) is 12.7. The third-order valence-electron chi connectivity index (χ3n) is 3.20. The van der Waals surface area contributed by atoms with E-state index in [0.717, 1.165) is 6.42 Å². The molecule has 116 valence electrons. The predicted octanol–water partition coefficient (Wildman–Crippen LogP) is 2.45. The number of likely N-dealkylation sites (tertiary alicyclic amines) is 1. The monoisotopic (exact) mass is 310 g/mol. The molecule has 2 atom stereocenters. The van der Waals surface area contributed by atoms with Gasteiger partial charge in [0.05, 0.1) is 10.8 Å². The minimum absolute atomic E-state index is 0.236. The first-order chi connectivity index (χ1) is 9.85. The van der Waals surface area contributed by atoms with Crippen LogP contribution in [-0.4, -0.2) is 44.6 Å². The Balaban J connectivity index is 1.86. The van der Waals surface area contributed by atoms with Gasteiger partial charge in [-0.05, 0) is 45.2 Å². The summed E-state index contributed by atoms with van der Waals surface area (Å²) in [6.45, 7) is 6.84. The topological polar surface area (TPSA) is 59.5 Å². The minimum Gasteiger partial charge on any atom is -0.444 e. The first-order valence-electron chi connectivity index (χ1n) is 7.12. The summed E-state index contributed by atoms with van der Waals surface area (Å²) < 4.78 is 17.6. The number of nitrogens with zero attached hydrogens (tertiary/aromatic N) is 2. The van der Waals surface area contributed by atoms with Crippen molar-refractivity contribution < 1.29 is 13.7 Å². The molecule has 0 aromatic carbocycles. The molecule has 1 aliphatic rings. The molecule has 0 unspecified atom stereocenters. The molecule has 0 radical (unpaired) electrons. The van der Waals surface area contributed by atoms with Gasteiger partial charge in [-0.25, -0.2) is 9.78 Å². The van der Waals surface area contributed by atoms with E-state index in [0.29, 0.717) is 23.9 Å².